The van der Waals surface area contributed by atoms with Crippen LogP contribution in [0.25, 0.3) is 10.9 Å². The first-order chi connectivity index (χ1) is 22.0. The summed E-state index contributed by atoms with van der Waals surface area (Å²) in [6.45, 7) is 6.79. The van der Waals surface area contributed by atoms with E-state index in [2.05, 4.69) is 101 Å². The van der Waals surface area contributed by atoms with E-state index < -0.39 is 11.9 Å². The van der Waals surface area contributed by atoms with Gasteiger partial charge in [0.15, 0.2) is 0 Å². The van der Waals surface area contributed by atoms with Crippen molar-refractivity contribution < 1.29 is 4.39 Å². The summed E-state index contributed by atoms with van der Waals surface area (Å²) in [5, 5.41) is 26.8. The van der Waals surface area contributed by atoms with Gasteiger partial charge in [0.05, 0.1) is 39.7 Å². The van der Waals surface area contributed by atoms with E-state index in [1.54, 1.807) is 18.2 Å². The summed E-state index contributed by atoms with van der Waals surface area (Å²) in [7, 11) is 6.26. The third-order valence-corrected chi connectivity index (χ3v) is 8.07. The lowest BCUT2D eigenvalue weighted by Crippen LogP contribution is -2.28. The summed E-state index contributed by atoms with van der Waals surface area (Å²) in [6, 6.07) is 18.2. The predicted molar refractivity (Wildman–Crippen MR) is 183 cm³/mol. The quantitative estimate of drug-likeness (QED) is 0.141. The molecule has 0 aliphatic heterocycles. The molecule has 0 spiro atoms. The highest BCUT2D eigenvalue weighted by atomic mass is 35.5. The molecule has 5 rings (SSSR count). The van der Waals surface area contributed by atoms with E-state index in [0.717, 1.165) is 30.9 Å². The first kappa shape index (κ1) is 33.1. The van der Waals surface area contributed by atoms with Crippen LogP contribution in [-0.2, 0) is 6.54 Å². The number of anilines is 3. The lowest BCUT2D eigenvalue weighted by Gasteiger charge is -2.23. The van der Waals surface area contributed by atoms with Crippen molar-refractivity contribution in [1.82, 2.24) is 29.8 Å². The molecular weight excluding hydrogens is 624 g/mol. The van der Waals surface area contributed by atoms with Crippen LogP contribution in [0.15, 0.2) is 67.0 Å². The molecule has 2 heterocycles. The summed E-state index contributed by atoms with van der Waals surface area (Å²) in [5.41, 5.74) is 5.40. The van der Waals surface area contributed by atoms with Crippen LogP contribution in [0, 0.1) is 17.1 Å². The molecule has 5 aromatic rings. The summed E-state index contributed by atoms with van der Waals surface area (Å²) in [5.74, 6) is -0.536. The molecule has 12 heteroatoms. The monoisotopic (exact) mass is 659 g/mol. The predicted octanol–water partition coefficient (Wildman–Crippen LogP) is 7.66. The van der Waals surface area contributed by atoms with Crippen molar-refractivity contribution in [1.29, 1.82) is 5.26 Å². The molecule has 2 N–H and O–H groups in total. The molecule has 9 nitrogen and oxygen atoms in total. The Hall–Kier alpha value is -4.27. The number of aromatic nitrogens is 4. The standard InChI is InChI=1S/C34H36Cl2FN9/c1-21(2)46-20-31(42-43-46)33(23-8-6-7-22(13-23)19-45(5)12-11-44(3)4)41-30-15-25(35)14-27-32(24(17-38)18-39-34(27)30)40-26-9-10-29(37)28(36)16-26/h6-10,13-16,18,20-21,33,41H,11-12,19H2,1-5H3,(H,39,40)/t33-/m0/s1. The van der Waals surface area contributed by atoms with Crippen molar-refractivity contribution in [2.24, 2.45) is 0 Å². The van der Waals surface area contributed by atoms with Gasteiger partial charge in [-0.15, -0.1) is 5.10 Å². The maximum atomic E-state index is 13.9. The Morgan fingerprint density at radius 2 is 1.85 bits per heavy atom. The van der Waals surface area contributed by atoms with Crippen LogP contribution in [0.5, 0.6) is 0 Å². The van der Waals surface area contributed by atoms with Gasteiger partial charge < -0.3 is 20.4 Å². The number of rotatable bonds is 12. The summed E-state index contributed by atoms with van der Waals surface area (Å²) >= 11 is 12.7. The lowest BCUT2D eigenvalue weighted by atomic mass is 10.00. The number of hydrogen-bond donors (Lipinski definition) is 2. The molecule has 0 bridgehead atoms. The first-order valence-electron chi connectivity index (χ1n) is 14.9. The van der Waals surface area contributed by atoms with Gasteiger partial charge in [-0.25, -0.2) is 9.07 Å². The topological polar surface area (TPSA) is 97.9 Å². The molecule has 0 unspecified atom stereocenters. The fraction of sp³-hybridized carbons (Fsp3) is 0.294. The third-order valence-electron chi connectivity index (χ3n) is 7.56. The van der Waals surface area contributed by atoms with Crippen LogP contribution in [0.3, 0.4) is 0 Å². The largest absolute Gasteiger partial charge is 0.371 e. The van der Waals surface area contributed by atoms with E-state index in [9.17, 15) is 9.65 Å². The zero-order valence-corrected chi connectivity index (χ0v) is 27.9. The van der Waals surface area contributed by atoms with E-state index in [-0.39, 0.29) is 11.1 Å². The number of nitrogens with one attached hydrogen (secondary N) is 2. The second-order valence-corrected chi connectivity index (χ2v) is 12.7. The Bertz CT molecular complexity index is 1880. The van der Waals surface area contributed by atoms with Crippen molar-refractivity contribution in [3.05, 3.63) is 105 Å². The SMILES string of the molecule is CC(C)n1cc([C@@H](Nc2cc(Cl)cc3c(Nc4ccc(F)c(Cl)c4)c(C#N)cnc23)c2cccc(CN(C)CCN(C)C)c2)nn1. The minimum Gasteiger partial charge on any atom is -0.371 e. The van der Waals surface area contributed by atoms with Crippen molar-refractivity contribution in [2.75, 3.05) is 44.9 Å². The number of benzene rings is 3. The van der Waals surface area contributed by atoms with Crippen LogP contribution in [0.4, 0.5) is 21.5 Å². The molecule has 0 aliphatic rings. The molecule has 0 amide bonds. The molecule has 2 aromatic heterocycles. The molecule has 238 valence electrons. The molecule has 3 aromatic carbocycles. The molecule has 0 aliphatic carbocycles. The van der Waals surface area contributed by atoms with Gasteiger partial charge in [0.25, 0.3) is 0 Å². The zero-order chi connectivity index (χ0) is 33.0. The van der Waals surface area contributed by atoms with Crippen molar-refractivity contribution in [3.8, 4) is 6.07 Å². The Labute approximate surface area is 278 Å². The lowest BCUT2D eigenvalue weighted by molar-refractivity contribution is 0.276. The van der Waals surface area contributed by atoms with E-state index >= 15 is 0 Å². The maximum absolute atomic E-state index is 13.9. The molecular formula is C34H36Cl2FN9. The Morgan fingerprint density at radius 1 is 1.04 bits per heavy atom. The average Bonchev–Trinajstić information content (AvgIpc) is 3.51. The summed E-state index contributed by atoms with van der Waals surface area (Å²) in [6.07, 6.45) is 3.44. The molecule has 0 radical (unpaired) electrons. The number of nitrogens with zero attached hydrogens (tertiary/aromatic N) is 7. The third kappa shape index (κ3) is 7.74. The minimum absolute atomic E-state index is 0.0364. The van der Waals surface area contributed by atoms with E-state index in [1.807, 2.05) is 10.9 Å². The van der Waals surface area contributed by atoms with Crippen LogP contribution in [0.2, 0.25) is 10.0 Å². The molecule has 0 saturated heterocycles. The second-order valence-electron chi connectivity index (χ2n) is 11.8. The molecule has 46 heavy (non-hydrogen) atoms. The highest BCUT2D eigenvalue weighted by Crippen LogP contribution is 2.38. The Morgan fingerprint density at radius 3 is 2.54 bits per heavy atom. The summed E-state index contributed by atoms with van der Waals surface area (Å²) < 4.78 is 15.7. The van der Waals surface area contributed by atoms with Crippen LogP contribution in [0.1, 0.15) is 48.3 Å². The molecule has 1 atom stereocenters. The van der Waals surface area contributed by atoms with Gasteiger partial charge in [0.2, 0.25) is 0 Å². The van der Waals surface area contributed by atoms with Crippen molar-refractivity contribution in [2.45, 2.75) is 32.5 Å². The Balaban J connectivity index is 1.57. The maximum Gasteiger partial charge on any atom is 0.141 e. The van der Waals surface area contributed by atoms with Gasteiger partial charge in [0, 0.05) is 48.0 Å². The van der Waals surface area contributed by atoms with Gasteiger partial charge in [0.1, 0.15) is 17.6 Å². The fourth-order valence-electron chi connectivity index (χ4n) is 5.11. The number of hydrogen-bond acceptors (Lipinski definition) is 8. The van der Waals surface area contributed by atoms with Crippen LogP contribution >= 0.6 is 23.2 Å². The van der Waals surface area contributed by atoms with E-state index in [0.29, 0.717) is 38.6 Å². The Kier molecular flexibility index (Phi) is 10.4. The number of nitriles is 1. The molecule has 0 saturated carbocycles. The van der Waals surface area contributed by atoms with Gasteiger partial charge in [-0.3, -0.25) is 4.98 Å². The zero-order valence-electron chi connectivity index (χ0n) is 26.4. The fourth-order valence-corrected chi connectivity index (χ4v) is 5.51. The average molecular weight is 661 g/mol. The van der Waals surface area contributed by atoms with Gasteiger partial charge in [-0.2, -0.15) is 5.26 Å². The van der Waals surface area contributed by atoms with Gasteiger partial charge >= 0.3 is 0 Å². The number of likely N-dealkylation sites (N-methyl/N-ethyl adjacent to an activating group) is 2. The highest BCUT2D eigenvalue weighted by molar-refractivity contribution is 6.32. The normalized spacial score (nSPS) is 12.2. The van der Waals surface area contributed by atoms with E-state index in [1.165, 1.54) is 23.9 Å². The number of fused-ring (bicyclic) bond motifs is 1. The van der Waals surface area contributed by atoms with Crippen LogP contribution in [-0.4, -0.2) is 64.0 Å². The smallest absolute Gasteiger partial charge is 0.141 e. The van der Waals surface area contributed by atoms with Crippen molar-refractivity contribution >= 4 is 51.2 Å². The van der Waals surface area contributed by atoms with Gasteiger partial charge in [-0.05, 0) is 76.4 Å². The first-order valence-corrected chi connectivity index (χ1v) is 15.6. The number of halogens is 3. The second kappa shape index (κ2) is 14.4. The van der Waals surface area contributed by atoms with E-state index in [4.69, 9.17) is 23.2 Å². The summed E-state index contributed by atoms with van der Waals surface area (Å²) in [4.78, 5) is 9.13. The van der Waals surface area contributed by atoms with Gasteiger partial charge in [-0.1, -0.05) is 52.7 Å². The van der Waals surface area contributed by atoms with Crippen molar-refractivity contribution in [3.63, 3.8) is 0 Å². The number of pyridine rings is 1. The minimum atomic E-state index is -0.536. The molecule has 0 fully saturated rings. The van der Waals surface area contributed by atoms with Crippen LogP contribution < -0.4 is 10.6 Å². The highest BCUT2D eigenvalue weighted by Gasteiger charge is 2.22.